The number of pyridine rings is 2. The van der Waals surface area contributed by atoms with E-state index in [1.54, 1.807) is 6.07 Å². The zero-order chi connectivity index (χ0) is 16.3. The second-order valence-electron chi connectivity index (χ2n) is 4.35. The van der Waals surface area contributed by atoms with E-state index in [2.05, 4.69) is 4.98 Å². The minimum Gasteiger partial charge on any atom is -0.493 e. The van der Waals surface area contributed by atoms with Gasteiger partial charge in [-0.15, -0.1) is 0 Å². The molecule has 8 heteroatoms. The Hall–Kier alpha value is -2.51. The summed E-state index contributed by atoms with van der Waals surface area (Å²) in [6, 6.07) is 3.46. The Morgan fingerprint density at radius 3 is 2.55 bits per heavy atom. The Bertz CT molecular complexity index is 726. The van der Waals surface area contributed by atoms with E-state index in [1.807, 2.05) is 0 Å². The molecule has 0 aliphatic rings. The van der Waals surface area contributed by atoms with Crippen LogP contribution in [-0.2, 0) is 12.7 Å². The number of aromatic nitrogens is 2. The fraction of sp³-hybridized carbons (Fsp3) is 0.286. The fourth-order valence-electron chi connectivity index (χ4n) is 2.00. The van der Waals surface area contributed by atoms with Crippen molar-refractivity contribution in [1.82, 2.24) is 9.55 Å². The van der Waals surface area contributed by atoms with Gasteiger partial charge >= 0.3 is 6.18 Å². The van der Waals surface area contributed by atoms with Gasteiger partial charge in [-0.05, 0) is 12.1 Å². The summed E-state index contributed by atoms with van der Waals surface area (Å²) in [5, 5.41) is 0. The van der Waals surface area contributed by atoms with Crippen LogP contribution < -0.4 is 15.0 Å². The molecule has 0 fully saturated rings. The fourth-order valence-corrected chi connectivity index (χ4v) is 2.00. The predicted molar refractivity (Wildman–Crippen MR) is 72.1 cm³/mol. The number of hydrogen-bond acceptors (Lipinski definition) is 4. The number of nitrogens with zero attached hydrogens (tertiary/aromatic N) is 2. The third-order valence-electron chi connectivity index (χ3n) is 3.01. The van der Waals surface area contributed by atoms with E-state index in [4.69, 9.17) is 9.47 Å². The van der Waals surface area contributed by atoms with Gasteiger partial charge in [0.15, 0.2) is 11.5 Å². The van der Waals surface area contributed by atoms with Crippen LogP contribution in [0.5, 0.6) is 11.5 Å². The maximum atomic E-state index is 12.8. The molecule has 2 aromatic rings. The molecular formula is C14H13F3N2O3. The maximum Gasteiger partial charge on any atom is 0.421 e. The van der Waals surface area contributed by atoms with E-state index in [9.17, 15) is 18.0 Å². The Labute approximate surface area is 123 Å². The quantitative estimate of drug-likeness (QED) is 0.869. The van der Waals surface area contributed by atoms with Gasteiger partial charge in [0.1, 0.15) is 11.3 Å². The number of ether oxygens (including phenoxy) is 2. The summed E-state index contributed by atoms with van der Waals surface area (Å²) >= 11 is 0. The summed E-state index contributed by atoms with van der Waals surface area (Å²) in [6.07, 6.45) is -2.01. The molecule has 0 unspecified atom stereocenters. The molecule has 118 valence electrons. The van der Waals surface area contributed by atoms with E-state index in [0.717, 1.165) is 16.7 Å². The van der Waals surface area contributed by atoms with E-state index in [-0.39, 0.29) is 12.3 Å². The normalized spacial score (nSPS) is 11.3. The lowest BCUT2D eigenvalue weighted by Gasteiger charge is -2.13. The van der Waals surface area contributed by atoms with Gasteiger partial charge in [0.2, 0.25) is 0 Å². The summed E-state index contributed by atoms with van der Waals surface area (Å²) in [7, 11) is 2.82. The van der Waals surface area contributed by atoms with Gasteiger partial charge in [-0.2, -0.15) is 13.2 Å². The summed E-state index contributed by atoms with van der Waals surface area (Å²) < 4.78 is 49.4. The highest BCUT2D eigenvalue weighted by Crippen LogP contribution is 2.30. The molecule has 22 heavy (non-hydrogen) atoms. The van der Waals surface area contributed by atoms with Crippen molar-refractivity contribution < 1.29 is 22.6 Å². The standard InChI is InChI=1S/C14H13F3N2O3/c1-21-11-5-6-18-10(12(11)22-2)8-19-7-3-4-9(13(19)20)14(15,16)17/h3-7H,8H2,1-2H3. The number of hydrogen-bond donors (Lipinski definition) is 0. The average Bonchev–Trinajstić information content (AvgIpc) is 2.47. The maximum absolute atomic E-state index is 12.8. The zero-order valence-electron chi connectivity index (χ0n) is 11.8. The molecule has 0 atom stereocenters. The van der Waals surface area contributed by atoms with Crippen LogP contribution in [0, 0.1) is 0 Å². The van der Waals surface area contributed by atoms with Gasteiger partial charge in [-0.3, -0.25) is 9.78 Å². The summed E-state index contributed by atoms with van der Waals surface area (Å²) in [5.74, 6) is 0.654. The minimum absolute atomic E-state index is 0.164. The van der Waals surface area contributed by atoms with Crippen molar-refractivity contribution in [2.45, 2.75) is 12.7 Å². The van der Waals surface area contributed by atoms with E-state index in [1.165, 1.54) is 26.6 Å². The second-order valence-corrected chi connectivity index (χ2v) is 4.35. The minimum atomic E-state index is -4.70. The summed E-state index contributed by atoms with van der Waals surface area (Å²) in [5.41, 5.74) is -2.07. The van der Waals surface area contributed by atoms with E-state index < -0.39 is 17.3 Å². The first-order chi connectivity index (χ1) is 10.4. The smallest absolute Gasteiger partial charge is 0.421 e. The lowest BCUT2D eigenvalue weighted by atomic mass is 10.2. The molecule has 5 nitrogen and oxygen atoms in total. The van der Waals surface area contributed by atoms with Gasteiger partial charge in [0.25, 0.3) is 5.56 Å². The SMILES string of the molecule is COc1ccnc(Cn2cccc(C(F)(F)F)c2=O)c1OC. The van der Waals surface area contributed by atoms with Crippen LogP contribution in [0.1, 0.15) is 11.3 Å². The van der Waals surface area contributed by atoms with Crippen molar-refractivity contribution in [1.29, 1.82) is 0 Å². The summed E-state index contributed by atoms with van der Waals surface area (Å²) in [4.78, 5) is 16.0. The van der Waals surface area contributed by atoms with Crippen LogP contribution in [0.25, 0.3) is 0 Å². The van der Waals surface area contributed by atoms with Gasteiger partial charge in [-0.25, -0.2) is 0 Å². The highest BCUT2D eigenvalue weighted by Gasteiger charge is 2.34. The van der Waals surface area contributed by atoms with Crippen molar-refractivity contribution in [3.05, 3.63) is 52.2 Å². The van der Waals surface area contributed by atoms with Crippen LogP contribution in [0.4, 0.5) is 13.2 Å². The lowest BCUT2D eigenvalue weighted by Crippen LogP contribution is -2.28. The highest BCUT2D eigenvalue weighted by atomic mass is 19.4. The number of alkyl halides is 3. The molecule has 0 bridgehead atoms. The van der Waals surface area contributed by atoms with Crippen molar-refractivity contribution in [2.75, 3.05) is 14.2 Å². The van der Waals surface area contributed by atoms with Gasteiger partial charge in [-0.1, -0.05) is 0 Å². The van der Waals surface area contributed by atoms with Crippen LogP contribution in [0.2, 0.25) is 0 Å². The third kappa shape index (κ3) is 3.05. The van der Waals surface area contributed by atoms with E-state index in [0.29, 0.717) is 11.4 Å². The molecule has 0 saturated carbocycles. The Morgan fingerprint density at radius 2 is 1.95 bits per heavy atom. The van der Waals surface area contributed by atoms with Crippen molar-refractivity contribution in [3.8, 4) is 11.5 Å². The summed E-state index contributed by atoms with van der Waals surface area (Å²) in [6.45, 7) is -0.164. The van der Waals surface area contributed by atoms with Crippen LogP contribution >= 0.6 is 0 Å². The molecule has 2 heterocycles. The first-order valence-corrected chi connectivity index (χ1v) is 6.21. The van der Waals surface area contributed by atoms with Gasteiger partial charge < -0.3 is 14.0 Å². The predicted octanol–water partition coefficient (Wildman–Crippen LogP) is 2.33. The highest BCUT2D eigenvalue weighted by molar-refractivity contribution is 5.42. The zero-order valence-corrected chi connectivity index (χ0v) is 11.8. The van der Waals surface area contributed by atoms with E-state index >= 15 is 0 Å². The molecule has 0 aliphatic carbocycles. The molecule has 0 spiro atoms. The molecular weight excluding hydrogens is 301 g/mol. The largest absolute Gasteiger partial charge is 0.493 e. The van der Waals surface area contributed by atoms with Crippen LogP contribution in [0.3, 0.4) is 0 Å². The van der Waals surface area contributed by atoms with Gasteiger partial charge in [0.05, 0.1) is 20.8 Å². The molecule has 2 aromatic heterocycles. The second kappa shape index (κ2) is 6.08. The molecule has 2 rings (SSSR count). The van der Waals surface area contributed by atoms with Crippen molar-refractivity contribution >= 4 is 0 Å². The van der Waals surface area contributed by atoms with Crippen LogP contribution in [0.15, 0.2) is 35.4 Å². The first-order valence-electron chi connectivity index (χ1n) is 6.21. The molecule has 0 amide bonds. The number of halogens is 3. The molecule has 0 aromatic carbocycles. The Morgan fingerprint density at radius 1 is 1.23 bits per heavy atom. The van der Waals surface area contributed by atoms with Crippen LogP contribution in [-0.4, -0.2) is 23.8 Å². The Balaban J connectivity index is 2.47. The number of rotatable bonds is 4. The van der Waals surface area contributed by atoms with Gasteiger partial charge in [0, 0.05) is 18.5 Å². The first kappa shape index (κ1) is 15.9. The Kier molecular flexibility index (Phi) is 4.39. The lowest BCUT2D eigenvalue weighted by molar-refractivity contribution is -0.138. The topological polar surface area (TPSA) is 53.4 Å². The molecule has 0 N–H and O–H groups in total. The number of methoxy groups -OCH3 is 2. The van der Waals surface area contributed by atoms with Crippen molar-refractivity contribution in [3.63, 3.8) is 0 Å². The monoisotopic (exact) mass is 314 g/mol. The molecule has 0 aliphatic heterocycles. The molecule has 0 radical (unpaired) electrons. The third-order valence-corrected chi connectivity index (χ3v) is 3.01. The van der Waals surface area contributed by atoms with Crippen molar-refractivity contribution in [2.24, 2.45) is 0 Å². The molecule has 0 saturated heterocycles. The average molecular weight is 314 g/mol.